The first-order chi connectivity index (χ1) is 9.24. The number of nitrogens with two attached hydrogens (primary N) is 1. The fraction of sp³-hybridized carbons (Fsp3) is 0.500. The minimum atomic E-state index is -0.0688. The Morgan fingerprint density at radius 2 is 2.21 bits per heavy atom. The van der Waals surface area contributed by atoms with E-state index in [1.54, 1.807) is 18.2 Å². The Kier molecular flexibility index (Phi) is 5.39. The smallest absolute Gasteiger partial charge is 0.257 e. The first kappa shape index (κ1) is 14.1. The van der Waals surface area contributed by atoms with E-state index in [0.717, 1.165) is 6.54 Å². The van der Waals surface area contributed by atoms with Crippen LogP contribution in [0, 0.1) is 5.92 Å². The normalized spacial score (nSPS) is 16.0. The van der Waals surface area contributed by atoms with Gasteiger partial charge >= 0.3 is 0 Å². The Balaban J connectivity index is 1.66. The van der Waals surface area contributed by atoms with Crippen LogP contribution in [-0.2, 0) is 4.79 Å². The lowest BCUT2D eigenvalue weighted by atomic mass is 10.0. The van der Waals surface area contributed by atoms with E-state index in [1.807, 2.05) is 17.8 Å². The highest BCUT2D eigenvalue weighted by Gasteiger charge is 2.14. The van der Waals surface area contributed by atoms with Crippen LogP contribution in [-0.4, -0.2) is 30.6 Å². The van der Waals surface area contributed by atoms with E-state index in [1.165, 1.54) is 24.3 Å². The maximum absolute atomic E-state index is 11.7. The standard InChI is InChI=1S/C14H20N2O2S/c15-12-2-1-3-13(8-12)18-10-14(17)16-9-11-4-6-19-7-5-11/h1-3,8,11H,4-7,9-10,15H2,(H,16,17). The van der Waals surface area contributed by atoms with Gasteiger partial charge in [0.2, 0.25) is 0 Å². The summed E-state index contributed by atoms with van der Waals surface area (Å²) in [6.07, 6.45) is 2.39. The maximum atomic E-state index is 11.7. The molecular formula is C14H20N2O2S. The summed E-state index contributed by atoms with van der Waals surface area (Å²) in [4.78, 5) is 11.7. The van der Waals surface area contributed by atoms with Gasteiger partial charge in [-0.1, -0.05) is 6.07 Å². The van der Waals surface area contributed by atoms with Gasteiger partial charge in [0.05, 0.1) is 0 Å². The molecule has 0 unspecified atom stereocenters. The van der Waals surface area contributed by atoms with E-state index in [9.17, 15) is 4.79 Å². The van der Waals surface area contributed by atoms with Crippen molar-refractivity contribution in [1.29, 1.82) is 0 Å². The van der Waals surface area contributed by atoms with Crippen LogP contribution in [0.3, 0.4) is 0 Å². The van der Waals surface area contributed by atoms with Crippen LogP contribution in [0.2, 0.25) is 0 Å². The summed E-state index contributed by atoms with van der Waals surface area (Å²) in [6, 6.07) is 7.10. The van der Waals surface area contributed by atoms with Crippen molar-refractivity contribution in [1.82, 2.24) is 5.32 Å². The van der Waals surface area contributed by atoms with Gasteiger partial charge in [-0.2, -0.15) is 11.8 Å². The third-order valence-corrected chi connectivity index (χ3v) is 4.21. The number of ether oxygens (including phenoxy) is 1. The number of carbonyl (C=O) groups excluding carboxylic acids is 1. The summed E-state index contributed by atoms with van der Waals surface area (Å²) < 4.78 is 5.39. The van der Waals surface area contributed by atoms with Crippen molar-refractivity contribution in [3.8, 4) is 5.75 Å². The average molecular weight is 280 g/mol. The van der Waals surface area contributed by atoms with E-state index in [2.05, 4.69) is 5.32 Å². The van der Waals surface area contributed by atoms with Crippen LogP contribution in [0.25, 0.3) is 0 Å². The van der Waals surface area contributed by atoms with Crippen LogP contribution in [0.1, 0.15) is 12.8 Å². The SMILES string of the molecule is Nc1cccc(OCC(=O)NCC2CCSCC2)c1. The number of carbonyl (C=O) groups is 1. The fourth-order valence-electron chi connectivity index (χ4n) is 2.01. The van der Waals surface area contributed by atoms with E-state index in [4.69, 9.17) is 10.5 Å². The zero-order chi connectivity index (χ0) is 13.5. The number of rotatable bonds is 5. The third-order valence-electron chi connectivity index (χ3n) is 3.16. The molecule has 0 bridgehead atoms. The van der Waals surface area contributed by atoms with Crippen LogP contribution in [0.5, 0.6) is 5.75 Å². The number of amides is 1. The summed E-state index contributed by atoms with van der Waals surface area (Å²) in [5.74, 6) is 3.60. The van der Waals surface area contributed by atoms with Gasteiger partial charge in [-0.3, -0.25) is 4.79 Å². The van der Waals surface area contributed by atoms with Gasteiger partial charge < -0.3 is 15.8 Å². The van der Waals surface area contributed by atoms with E-state index < -0.39 is 0 Å². The minimum Gasteiger partial charge on any atom is -0.484 e. The molecule has 0 spiro atoms. The maximum Gasteiger partial charge on any atom is 0.257 e. The molecule has 0 aromatic heterocycles. The van der Waals surface area contributed by atoms with Gasteiger partial charge in [0.15, 0.2) is 6.61 Å². The number of hydrogen-bond acceptors (Lipinski definition) is 4. The zero-order valence-electron chi connectivity index (χ0n) is 10.9. The molecule has 104 valence electrons. The van der Waals surface area contributed by atoms with Gasteiger partial charge in [0.25, 0.3) is 5.91 Å². The van der Waals surface area contributed by atoms with Crippen molar-refractivity contribution < 1.29 is 9.53 Å². The van der Waals surface area contributed by atoms with Gasteiger partial charge in [-0.05, 0) is 42.4 Å². The number of thioether (sulfide) groups is 1. The van der Waals surface area contributed by atoms with Crippen LogP contribution >= 0.6 is 11.8 Å². The molecule has 1 fully saturated rings. The molecule has 0 aliphatic carbocycles. The zero-order valence-corrected chi connectivity index (χ0v) is 11.7. The molecule has 1 amide bonds. The summed E-state index contributed by atoms with van der Waals surface area (Å²) in [7, 11) is 0. The number of nitrogen functional groups attached to an aromatic ring is 1. The van der Waals surface area contributed by atoms with Crippen molar-refractivity contribution in [2.75, 3.05) is 30.4 Å². The van der Waals surface area contributed by atoms with Crippen molar-refractivity contribution >= 4 is 23.4 Å². The quantitative estimate of drug-likeness (QED) is 0.809. The molecule has 0 atom stereocenters. The molecule has 4 nitrogen and oxygen atoms in total. The second-order valence-corrected chi connectivity index (χ2v) is 5.95. The molecule has 19 heavy (non-hydrogen) atoms. The van der Waals surface area contributed by atoms with Crippen molar-refractivity contribution in [3.05, 3.63) is 24.3 Å². The molecule has 1 heterocycles. The first-order valence-corrected chi connectivity index (χ1v) is 7.72. The molecule has 5 heteroatoms. The second kappa shape index (κ2) is 7.28. The molecular weight excluding hydrogens is 260 g/mol. The van der Waals surface area contributed by atoms with Crippen LogP contribution < -0.4 is 15.8 Å². The summed E-state index contributed by atoms with van der Waals surface area (Å²) in [5, 5.41) is 2.93. The Bertz CT molecular complexity index is 420. The van der Waals surface area contributed by atoms with Crippen LogP contribution in [0.4, 0.5) is 5.69 Å². The Morgan fingerprint density at radius 3 is 2.95 bits per heavy atom. The minimum absolute atomic E-state index is 0.0466. The molecule has 3 N–H and O–H groups in total. The number of anilines is 1. The molecule has 0 saturated carbocycles. The van der Waals surface area contributed by atoms with E-state index in [-0.39, 0.29) is 12.5 Å². The monoisotopic (exact) mass is 280 g/mol. The molecule has 1 aliphatic rings. The Morgan fingerprint density at radius 1 is 1.42 bits per heavy atom. The van der Waals surface area contributed by atoms with Crippen LogP contribution in [0.15, 0.2) is 24.3 Å². The summed E-state index contributed by atoms with van der Waals surface area (Å²) >= 11 is 1.99. The molecule has 1 aliphatic heterocycles. The number of nitrogens with one attached hydrogen (secondary N) is 1. The lowest BCUT2D eigenvalue weighted by Crippen LogP contribution is -2.34. The highest BCUT2D eigenvalue weighted by molar-refractivity contribution is 7.99. The topological polar surface area (TPSA) is 64.3 Å². The summed E-state index contributed by atoms with van der Waals surface area (Å²) in [5.41, 5.74) is 6.28. The Labute approximate surface area is 118 Å². The lowest BCUT2D eigenvalue weighted by Gasteiger charge is -2.21. The number of hydrogen-bond donors (Lipinski definition) is 2. The second-order valence-electron chi connectivity index (χ2n) is 4.72. The molecule has 2 rings (SSSR count). The van der Waals surface area contributed by atoms with Gasteiger partial charge in [0, 0.05) is 18.3 Å². The highest BCUT2D eigenvalue weighted by Crippen LogP contribution is 2.21. The van der Waals surface area contributed by atoms with Crippen molar-refractivity contribution in [3.63, 3.8) is 0 Å². The average Bonchev–Trinajstić information content (AvgIpc) is 2.44. The largest absolute Gasteiger partial charge is 0.484 e. The predicted molar refractivity (Wildman–Crippen MR) is 79.4 cm³/mol. The van der Waals surface area contributed by atoms with Gasteiger partial charge in [-0.25, -0.2) is 0 Å². The molecule has 1 aromatic rings. The number of benzene rings is 1. The van der Waals surface area contributed by atoms with E-state index >= 15 is 0 Å². The summed E-state index contributed by atoms with van der Waals surface area (Å²) in [6.45, 7) is 0.810. The van der Waals surface area contributed by atoms with Gasteiger partial charge in [0.1, 0.15) is 5.75 Å². The van der Waals surface area contributed by atoms with Crippen molar-refractivity contribution in [2.24, 2.45) is 5.92 Å². The molecule has 1 aromatic carbocycles. The van der Waals surface area contributed by atoms with Gasteiger partial charge in [-0.15, -0.1) is 0 Å². The molecule has 1 saturated heterocycles. The first-order valence-electron chi connectivity index (χ1n) is 6.57. The Hall–Kier alpha value is -1.36. The predicted octanol–water partition coefficient (Wildman–Crippen LogP) is 1.91. The lowest BCUT2D eigenvalue weighted by molar-refractivity contribution is -0.123. The van der Waals surface area contributed by atoms with Crippen molar-refractivity contribution in [2.45, 2.75) is 12.8 Å². The third kappa shape index (κ3) is 5.03. The van der Waals surface area contributed by atoms with E-state index in [0.29, 0.717) is 17.4 Å². The highest BCUT2D eigenvalue weighted by atomic mass is 32.2. The molecule has 0 radical (unpaired) electrons. The fourth-order valence-corrected chi connectivity index (χ4v) is 3.22.